The molecule has 1 fully saturated rings. The molecule has 1 unspecified atom stereocenters. The maximum absolute atomic E-state index is 13.4. The number of aliphatic carboxylic acids is 1. The molecule has 8 nitrogen and oxygen atoms in total. The molecule has 0 spiro atoms. The minimum atomic E-state index is -4.34. The molecule has 3 aromatic rings. The molecule has 3 atom stereocenters. The van der Waals surface area contributed by atoms with E-state index < -0.39 is 39.8 Å². The highest BCUT2D eigenvalue weighted by Gasteiger charge is 2.42. The maximum atomic E-state index is 13.4. The summed E-state index contributed by atoms with van der Waals surface area (Å²) in [7, 11) is -2.78. The third kappa shape index (κ3) is 6.19. The number of hydrogen-bond acceptors (Lipinski definition) is 6. The first-order valence-corrected chi connectivity index (χ1v) is 14.1. The van der Waals surface area contributed by atoms with Crippen molar-refractivity contribution in [2.45, 2.75) is 29.8 Å². The van der Waals surface area contributed by atoms with Crippen LogP contribution < -0.4 is 14.8 Å². The number of carbonyl (C=O) groups is 2. The first kappa shape index (κ1) is 28.1. The van der Waals surface area contributed by atoms with Crippen LogP contribution in [0.25, 0.3) is 11.1 Å². The molecule has 0 saturated carbocycles. The number of rotatable bonds is 10. The Morgan fingerprint density at radius 2 is 1.71 bits per heavy atom. The number of hydrogen-bond donors (Lipinski definition) is 3. The van der Waals surface area contributed by atoms with Crippen molar-refractivity contribution in [3.63, 3.8) is 0 Å². The fourth-order valence-corrected chi connectivity index (χ4v) is 6.54. The monoisotopic (exact) mass is 576 g/mol. The van der Waals surface area contributed by atoms with Crippen LogP contribution in [0.3, 0.4) is 0 Å². The summed E-state index contributed by atoms with van der Waals surface area (Å²) in [5, 5.41) is 13.4. The number of carboxylic acid groups (broad SMARTS) is 1. The second kappa shape index (κ2) is 11.8. The van der Waals surface area contributed by atoms with E-state index in [9.17, 15) is 23.1 Å². The molecule has 0 bridgehead atoms. The van der Waals surface area contributed by atoms with Crippen LogP contribution >= 0.6 is 23.2 Å². The lowest BCUT2D eigenvalue weighted by atomic mass is 9.86. The normalized spacial score (nSPS) is 17.1. The van der Waals surface area contributed by atoms with Crippen LogP contribution in [-0.4, -0.2) is 45.0 Å². The van der Waals surface area contributed by atoms with Gasteiger partial charge in [-0.2, -0.15) is 0 Å². The van der Waals surface area contributed by atoms with Gasteiger partial charge >= 0.3 is 5.97 Å². The van der Waals surface area contributed by atoms with Gasteiger partial charge in [-0.3, -0.25) is 9.59 Å². The van der Waals surface area contributed by atoms with Crippen LogP contribution in [0, 0.1) is 5.92 Å². The van der Waals surface area contributed by atoms with Crippen LogP contribution in [-0.2, 0) is 19.6 Å². The van der Waals surface area contributed by atoms with Crippen LogP contribution in [0.5, 0.6) is 5.75 Å². The van der Waals surface area contributed by atoms with Crippen molar-refractivity contribution in [2.75, 3.05) is 13.7 Å². The average Bonchev–Trinajstić information content (AvgIpc) is 3.43. The largest absolute Gasteiger partial charge is 0.496 e. The summed E-state index contributed by atoms with van der Waals surface area (Å²) in [6, 6.07) is 15.7. The van der Waals surface area contributed by atoms with Crippen LogP contribution in [0.2, 0.25) is 10.0 Å². The van der Waals surface area contributed by atoms with E-state index in [1.54, 1.807) is 31.4 Å². The van der Waals surface area contributed by atoms with Crippen LogP contribution in [0.1, 0.15) is 24.4 Å². The van der Waals surface area contributed by atoms with Crippen molar-refractivity contribution < 1.29 is 27.9 Å². The molecule has 0 aromatic heterocycles. The molecule has 3 N–H and O–H groups in total. The van der Waals surface area contributed by atoms with E-state index in [2.05, 4.69) is 10.0 Å². The van der Waals surface area contributed by atoms with E-state index in [-0.39, 0.29) is 14.9 Å². The average molecular weight is 577 g/mol. The molecule has 0 amide bonds. The standard InChI is InChI=1S/C27H26Cl2N2O6S/c1-37-23-7-3-2-5-21(23)16-8-10-17(11-9-16)25(24(27(33)34)26(32)22-6-4-12-30-22)31-38(35,36)20-14-18(28)13-19(29)15-20/h2-3,5,7-11,13-15,22,24-25,30-31H,4,6,12H2,1H3,(H,33,34)/t22?,24-,25-/m0/s1. The van der Waals surface area contributed by atoms with Gasteiger partial charge in [0.2, 0.25) is 10.0 Å². The Kier molecular flexibility index (Phi) is 8.74. The Hall–Kier alpha value is -2.95. The van der Waals surface area contributed by atoms with Gasteiger partial charge in [-0.1, -0.05) is 65.7 Å². The highest BCUT2D eigenvalue weighted by molar-refractivity contribution is 7.89. The lowest BCUT2D eigenvalue weighted by Gasteiger charge is -2.27. The summed E-state index contributed by atoms with van der Waals surface area (Å²) in [6.45, 7) is 0.577. The zero-order valence-electron chi connectivity index (χ0n) is 20.4. The number of para-hydroxylation sites is 1. The van der Waals surface area contributed by atoms with Crippen molar-refractivity contribution in [3.8, 4) is 16.9 Å². The first-order valence-electron chi connectivity index (χ1n) is 11.8. The topological polar surface area (TPSA) is 122 Å². The third-order valence-corrected chi connectivity index (χ3v) is 8.28. The molecule has 1 heterocycles. The van der Waals surface area contributed by atoms with Crippen molar-refractivity contribution >= 4 is 45.0 Å². The summed E-state index contributed by atoms with van der Waals surface area (Å²) < 4.78 is 34.7. The van der Waals surface area contributed by atoms with Crippen molar-refractivity contribution in [1.82, 2.24) is 10.0 Å². The summed E-state index contributed by atoms with van der Waals surface area (Å²) in [5.41, 5.74) is 1.87. The van der Waals surface area contributed by atoms with Gasteiger partial charge in [-0.25, -0.2) is 13.1 Å². The number of Topliss-reactive ketones (excluding diaryl/α,β-unsaturated/α-hetero) is 1. The first-order chi connectivity index (χ1) is 18.1. The SMILES string of the molecule is COc1ccccc1-c1ccc([C@H](NS(=O)(=O)c2cc(Cl)cc(Cl)c2)[C@H](C(=O)O)C(=O)C2CCCN2)cc1. The number of methoxy groups -OCH3 is 1. The molecular weight excluding hydrogens is 551 g/mol. The highest BCUT2D eigenvalue weighted by atomic mass is 35.5. The molecule has 1 aliphatic heterocycles. The number of benzene rings is 3. The molecule has 1 saturated heterocycles. The van der Waals surface area contributed by atoms with Crippen LogP contribution in [0.4, 0.5) is 0 Å². The van der Waals surface area contributed by atoms with Gasteiger partial charge in [-0.15, -0.1) is 0 Å². The Bertz CT molecular complexity index is 1420. The predicted octanol–water partition coefficient (Wildman–Crippen LogP) is 4.71. The minimum Gasteiger partial charge on any atom is -0.496 e. The molecule has 3 aromatic carbocycles. The zero-order valence-corrected chi connectivity index (χ0v) is 22.7. The number of halogens is 2. The third-order valence-electron chi connectivity index (χ3n) is 6.43. The molecular formula is C27H26Cl2N2O6S. The van der Waals surface area contributed by atoms with Crippen molar-refractivity contribution in [3.05, 3.63) is 82.3 Å². The molecule has 0 aliphatic carbocycles. The minimum absolute atomic E-state index is 0.0941. The number of ether oxygens (including phenoxy) is 1. The second-order valence-corrected chi connectivity index (χ2v) is 11.5. The zero-order chi connectivity index (χ0) is 27.4. The van der Waals surface area contributed by atoms with E-state index in [0.29, 0.717) is 30.7 Å². The van der Waals surface area contributed by atoms with Gasteiger partial charge in [0, 0.05) is 15.6 Å². The summed E-state index contributed by atoms with van der Waals surface area (Å²) in [5.74, 6) is -3.08. The fraction of sp³-hybridized carbons (Fsp3) is 0.259. The van der Waals surface area contributed by atoms with E-state index in [4.69, 9.17) is 27.9 Å². The van der Waals surface area contributed by atoms with Gasteiger partial charge in [0.1, 0.15) is 11.7 Å². The number of ketones is 1. The lowest BCUT2D eigenvalue weighted by molar-refractivity contribution is -0.148. The Morgan fingerprint density at radius 1 is 1.05 bits per heavy atom. The predicted molar refractivity (Wildman–Crippen MR) is 145 cm³/mol. The van der Waals surface area contributed by atoms with E-state index in [1.807, 2.05) is 24.3 Å². The molecule has 38 heavy (non-hydrogen) atoms. The van der Waals surface area contributed by atoms with Crippen molar-refractivity contribution in [1.29, 1.82) is 0 Å². The summed E-state index contributed by atoms with van der Waals surface area (Å²) >= 11 is 12.0. The molecule has 1 aliphatic rings. The Morgan fingerprint density at radius 3 is 2.29 bits per heavy atom. The van der Waals surface area contributed by atoms with E-state index >= 15 is 0 Å². The Balaban J connectivity index is 1.78. The number of nitrogens with one attached hydrogen (secondary N) is 2. The highest BCUT2D eigenvalue weighted by Crippen LogP contribution is 2.33. The molecule has 4 rings (SSSR count). The number of carboxylic acids is 1. The maximum Gasteiger partial charge on any atom is 0.316 e. The Labute approximate surface area is 231 Å². The van der Waals surface area contributed by atoms with Gasteiger partial charge < -0.3 is 15.2 Å². The fourth-order valence-electron chi connectivity index (χ4n) is 4.57. The van der Waals surface area contributed by atoms with Gasteiger partial charge in [0.15, 0.2) is 5.78 Å². The second-order valence-electron chi connectivity index (χ2n) is 8.89. The summed E-state index contributed by atoms with van der Waals surface area (Å²) in [6.07, 6.45) is 1.19. The molecule has 11 heteroatoms. The van der Waals surface area contributed by atoms with Gasteiger partial charge in [0.05, 0.1) is 24.1 Å². The molecule has 0 radical (unpaired) electrons. The van der Waals surface area contributed by atoms with Crippen molar-refractivity contribution in [2.24, 2.45) is 5.92 Å². The quantitative estimate of drug-likeness (QED) is 0.299. The molecule has 200 valence electrons. The summed E-state index contributed by atoms with van der Waals surface area (Å²) in [4.78, 5) is 25.6. The smallest absolute Gasteiger partial charge is 0.316 e. The van der Waals surface area contributed by atoms with Gasteiger partial charge in [0.25, 0.3) is 0 Å². The van der Waals surface area contributed by atoms with E-state index in [0.717, 1.165) is 11.1 Å². The lowest BCUT2D eigenvalue weighted by Crippen LogP contribution is -2.46. The number of sulfonamides is 1. The number of carbonyl (C=O) groups excluding carboxylic acids is 1. The van der Waals surface area contributed by atoms with Gasteiger partial charge in [-0.05, 0) is 54.8 Å². The van der Waals surface area contributed by atoms with Crippen LogP contribution in [0.15, 0.2) is 71.6 Å². The van der Waals surface area contributed by atoms with E-state index in [1.165, 1.54) is 18.2 Å².